The van der Waals surface area contributed by atoms with Gasteiger partial charge in [0.2, 0.25) is 0 Å². The molecule has 0 amide bonds. The van der Waals surface area contributed by atoms with Crippen LogP contribution in [0.4, 0.5) is 23.4 Å². The third-order valence-corrected chi connectivity index (χ3v) is 6.84. The summed E-state index contributed by atoms with van der Waals surface area (Å²) in [5.41, 5.74) is 1.93. The normalized spacial score (nSPS) is 16.4. The molecule has 4 aromatic rings. The van der Waals surface area contributed by atoms with Crippen molar-refractivity contribution in [2.45, 2.75) is 31.7 Å². The topological polar surface area (TPSA) is 126 Å². The standard InChI is InChI=1S/C24H19ClF4N8O2/c25-20-14(11-39-23(38)24(27,28)29)7-17(26)22(35-20)36-6-3-13(9-36)18(1-4-30)37-10-15(8-34-37)19-16-2-5-31-21(16)33-12-32-19/h2,5,7-8,10,12-13,18H,1,3,6,9,11H2,(H,31,32,33)/t13-,18-/m0/s1. The number of anilines is 1. The van der Waals surface area contributed by atoms with Crippen LogP contribution in [0.2, 0.25) is 5.15 Å². The minimum atomic E-state index is -5.18. The summed E-state index contributed by atoms with van der Waals surface area (Å²) in [6, 6.07) is 4.63. The fourth-order valence-electron chi connectivity index (χ4n) is 4.65. The summed E-state index contributed by atoms with van der Waals surface area (Å²) < 4.78 is 57.9. The van der Waals surface area contributed by atoms with Gasteiger partial charge in [-0.2, -0.15) is 23.5 Å². The minimum absolute atomic E-state index is 0.0823. The molecule has 0 bridgehead atoms. The van der Waals surface area contributed by atoms with Gasteiger partial charge in [0.25, 0.3) is 0 Å². The number of esters is 1. The van der Waals surface area contributed by atoms with Gasteiger partial charge >= 0.3 is 12.1 Å². The SMILES string of the molecule is N#CC[C@@H]([C@H]1CCN(c2nc(Cl)c(COC(=O)C(F)(F)F)cc2F)C1)n1cc(-c2ncnc3[nH]ccc23)cn1. The van der Waals surface area contributed by atoms with E-state index in [1.807, 2.05) is 12.3 Å². The van der Waals surface area contributed by atoms with E-state index in [4.69, 9.17) is 11.6 Å². The Balaban J connectivity index is 1.32. The van der Waals surface area contributed by atoms with Crippen molar-refractivity contribution in [3.8, 4) is 17.3 Å². The number of hydrogen-bond donors (Lipinski definition) is 1. The second kappa shape index (κ2) is 10.5. The molecule has 10 nitrogen and oxygen atoms in total. The lowest BCUT2D eigenvalue weighted by Crippen LogP contribution is -2.27. The number of alkyl halides is 3. The maximum absolute atomic E-state index is 14.9. The molecule has 0 aromatic carbocycles. The Kier molecular flexibility index (Phi) is 7.09. The number of aromatic amines is 1. The highest BCUT2D eigenvalue weighted by Crippen LogP contribution is 2.35. The van der Waals surface area contributed by atoms with Crippen molar-refractivity contribution in [2.24, 2.45) is 5.92 Å². The number of hydrogen-bond acceptors (Lipinski definition) is 8. The lowest BCUT2D eigenvalue weighted by atomic mass is 9.96. The first-order valence-corrected chi connectivity index (χ1v) is 12.1. The van der Waals surface area contributed by atoms with E-state index in [9.17, 15) is 27.6 Å². The highest BCUT2D eigenvalue weighted by molar-refractivity contribution is 6.30. The van der Waals surface area contributed by atoms with Crippen LogP contribution in [0.25, 0.3) is 22.3 Å². The van der Waals surface area contributed by atoms with Crippen molar-refractivity contribution < 1.29 is 27.1 Å². The maximum Gasteiger partial charge on any atom is 0.490 e. The smallest absolute Gasteiger partial charge is 0.454 e. The molecule has 4 aromatic heterocycles. The number of ether oxygens (including phenoxy) is 1. The summed E-state index contributed by atoms with van der Waals surface area (Å²) in [6.07, 6.45) is 2.26. The van der Waals surface area contributed by atoms with Crippen molar-refractivity contribution in [1.82, 2.24) is 29.7 Å². The molecule has 1 saturated heterocycles. The van der Waals surface area contributed by atoms with Crippen LogP contribution in [-0.4, -0.2) is 55.0 Å². The van der Waals surface area contributed by atoms with Crippen LogP contribution in [0.15, 0.2) is 37.1 Å². The molecule has 0 saturated carbocycles. The lowest BCUT2D eigenvalue weighted by molar-refractivity contribution is -0.201. The van der Waals surface area contributed by atoms with Crippen LogP contribution >= 0.6 is 11.6 Å². The van der Waals surface area contributed by atoms with E-state index < -0.39 is 24.6 Å². The Labute approximate surface area is 223 Å². The van der Waals surface area contributed by atoms with Crippen molar-refractivity contribution in [1.29, 1.82) is 5.26 Å². The van der Waals surface area contributed by atoms with Crippen LogP contribution in [0.3, 0.4) is 0 Å². The molecule has 0 aliphatic carbocycles. The van der Waals surface area contributed by atoms with Gasteiger partial charge in [-0.25, -0.2) is 24.1 Å². The summed E-state index contributed by atoms with van der Waals surface area (Å²) in [4.78, 5) is 28.2. The van der Waals surface area contributed by atoms with Crippen LogP contribution in [0.1, 0.15) is 24.4 Å². The van der Waals surface area contributed by atoms with Gasteiger partial charge in [-0.1, -0.05) is 11.6 Å². The maximum atomic E-state index is 14.9. The van der Waals surface area contributed by atoms with E-state index in [0.717, 1.165) is 17.0 Å². The molecule has 0 unspecified atom stereocenters. The van der Waals surface area contributed by atoms with E-state index in [1.54, 1.807) is 22.0 Å². The van der Waals surface area contributed by atoms with Gasteiger partial charge in [0.05, 0.1) is 30.4 Å². The molecule has 202 valence electrons. The number of aromatic nitrogens is 6. The summed E-state index contributed by atoms with van der Waals surface area (Å²) >= 11 is 6.07. The number of halogens is 5. The van der Waals surface area contributed by atoms with Gasteiger partial charge in [0.1, 0.15) is 23.7 Å². The van der Waals surface area contributed by atoms with Gasteiger partial charge in [0, 0.05) is 47.9 Å². The van der Waals surface area contributed by atoms with Crippen molar-refractivity contribution in [3.05, 3.63) is 53.6 Å². The zero-order chi connectivity index (χ0) is 27.7. The van der Waals surface area contributed by atoms with Gasteiger partial charge < -0.3 is 14.6 Å². The molecular formula is C24H19ClF4N8O2. The van der Waals surface area contributed by atoms with E-state index in [0.29, 0.717) is 30.9 Å². The summed E-state index contributed by atoms with van der Waals surface area (Å²) in [6.45, 7) is -0.143. The van der Waals surface area contributed by atoms with Crippen LogP contribution in [0.5, 0.6) is 0 Å². The molecule has 5 heterocycles. The van der Waals surface area contributed by atoms with Crippen molar-refractivity contribution in [3.63, 3.8) is 0 Å². The van der Waals surface area contributed by atoms with Crippen LogP contribution in [0, 0.1) is 23.1 Å². The van der Waals surface area contributed by atoms with Crippen LogP contribution in [-0.2, 0) is 16.1 Å². The molecule has 39 heavy (non-hydrogen) atoms. The first-order chi connectivity index (χ1) is 18.7. The van der Waals surface area contributed by atoms with Gasteiger partial charge in [-0.3, -0.25) is 4.68 Å². The first-order valence-electron chi connectivity index (χ1n) is 11.7. The monoisotopic (exact) mass is 562 g/mol. The zero-order valence-electron chi connectivity index (χ0n) is 20.0. The quantitative estimate of drug-likeness (QED) is 0.197. The number of pyridine rings is 1. The van der Waals surface area contributed by atoms with Crippen LogP contribution < -0.4 is 4.90 Å². The Morgan fingerprint density at radius 1 is 1.36 bits per heavy atom. The fourth-order valence-corrected chi connectivity index (χ4v) is 4.84. The van der Waals surface area contributed by atoms with Crippen molar-refractivity contribution in [2.75, 3.05) is 18.0 Å². The number of carbonyl (C=O) groups is 1. The Morgan fingerprint density at radius 3 is 2.95 bits per heavy atom. The summed E-state index contributed by atoms with van der Waals surface area (Å²) in [5, 5.41) is 14.5. The lowest BCUT2D eigenvalue weighted by Gasteiger charge is -2.23. The number of H-pyrrole nitrogens is 1. The fraction of sp³-hybridized carbons (Fsp3) is 0.333. The molecule has 0 radical (unpaired) electrons. The molecular weight excluding hydrogens is 544 g/mol. The molecule has 15 heteroatoms. The third-order valence-electron chi connectivity index (χ3n) is 6.51. The zero-order valence-corrected chi connectivity index (χ0v) is 20.7. The third kappa shape index (κ3) is 5.35. The number of nitrogens with one attached hydrogen (secondary N) is 1. The van der Waals surface area contributed by atoms with Gasteiger partial charge in [0.15, 0.2) is 11.6 Å². The van der Waals surface area contributed by atoms with Gasteiger partial charge in [-0.15, -0.1) is 0 Å². The number of fused-ring (bicyclic) bond motifs is 1. The molecule has 1 N–H and O–H groups in total. The molecule has 5 rings (SSSR count). The molecule has 2 atom stereocenters. The van der Waals surface area contributed by atoms with E-state index >= 15 is 0 Å². The Hall–Kier alpha value is -4.25. The summed E-state index contributed by atoms with van der Waals surface area (Å²) in [7, 11) is 0. The molecule has 1 aliphatic rings. The number of nitriles is 1. The minimum Gasteiger partial charge on any atom is -0.454 e. The predicted molar refractivity (Wildman–Crippen MR) is 130 cm³/mol. The Morgan fingerprint density at radius 2 is 2.18 bits per heavy atom. The second-order valence-electron chi connectivity index (χ2n) is 8.91. The van der Waals surface area contributed by atoms with E-state index in [1.165, 1.54) is 6.33 Å². The summed E-state index contributed by atoms with van der Waals surface area (Å²) in [5.74, 6) is -3.41. The highest BCUT2D eigenvalue weighted by Gasteiger charge is 2.41. The first kappa shape index (κ1) is 26.4. The predicted octanol–water partition coefficient (Wildman–Crippen LogP) is 4.60. The van der Waals surface area contributed by atoms with Crippen molar-refractivity contribution >= 4 is 34.4 Å². The number of nitrogens with zero attached hydrogens (tertiary/aromatic N) is 7. The molecule has 1 aliphatic heterocycles. The van der Waals surface area contributed by atoms with Gasteiger partial charge in [-0.05, 0) is 18.6 Å². The number of rotatable bonds is 7. The van der Waals surface area contributed by atoms with E-state index in [-0.39, 0.29) is 34.9 Å². The molecule has 1 fully saturated rings. The molecule has 0 spiro atoms. The average molecular weight is 563 g/mol. The average Bonchev–Trinajstić information content (AvgIpc) is 3.67. The second-order valence-corrected chi connectivity index (χ2v) is 9.27. The number of carbonyl (C=O) groups excluding carboxylic acids is 1. The van der Waals surface area contributed by atoms with E-state index in [2.05, 4.69) is 35.8 Å². The Bertz CT molecular complexity index is 1560. The highest BCUT2D eigenvalue weighted by atomic mass is 35.5. The largest absolute Gasteiger partial charge is 0.490 e.